The minimum Gasteiger partial charge on any atom is -0.507 e. The Bertz CT molecular complexity index is 688. The molecule has 2 aromatic carbocycles. The smallest absolute Gasteiger partial charge is 0.341 e. The Kier molecular flexibility index (Phi) is 5.27. The van der Waals surface area contributed by atoms with Crippen molar-refractivity contribution >= 4 is 17.7 Å². The molecule has 0 bridgehead atoms. The first-order valence-electron chi connectivity index (χ1n) is 6.41. The van der Waals surface area contributed by atoms with Crippen molar-refractivity contribution in [1.29, 1.82) is 0 Å². The first kappa shape index (κ1) is 16.2. The molecule has 0 atom stereocenters. The number of phenols is 1. The van der Waals surface area contributed by atoms with Gasteiger partial charge in [-0.1, -0.05) is 6.07 Å². The molecule has 2 aromatic rings. The molecule has 22 heavy (non-hydrogen) atoms. The molecule has 0 saturated heterocycles. The fourth-order valence-corrected chi connectivity index (χ4v) is 2.86. The van der Waals surface area contributed by atoms with Crippen LogP contribution in [0.1, 0.15) is 15.9 Å². The number of thioether (sulfide) groups is 1. The molecule has 0 fully saturated rings. The third kappa shape index (κ3) is 3.71. The number of rotatable bonds is 5. The molecule has 0 aliphatic carbocycles. The summed E-state index contributed by atoms with van der Waals surface area (Å²) in [5, 5.41) is 10.00. The van der Waals surface area contributed by atoms with Crippen LogP contribution >= 0.6 is 11.8 Å². The van der Waals surface area contributed by atoms with E-state index in [9.17, 15) is 14.3 Å². The lowest BCUT2D eigenvalue weighted by atomic mass is 10.1. The zero-order chi connectivity index (χ0) is 16.1. The lowest BCUT2D eigenvalue weighted by molar-refractivity contribution is 0.0596. The summed E-state index contributed by atoms with van der Waals surface area (Å²) in [5.41, 5.74) is 0.644. The Labute approximate surface area is 131 Å². The number of carbonyl (C=O) groups excluding carboxylic acids is 1. The van der Waals surface area contributed by atoms with Gasteiger partial charge >= 0.3 is 5.97 Å². The molecule has 0 aliphatic rings. The minimum absolute atomic E-state index is 0.0900. The van der Waals surface area contributed by atoms with E-state index in [0.29, 0.717) is 17.1 Å². The molecule has 1 N–H and O–H groups in total. The van der Waals surface area contributed by atoms with Gasteiger partial charge in [-0.15, -0.1) is 11.8 Å². The zero-order valence-corrected chi connectivity index (χ0v) is 12.9. The molecule has 2 rings (SSSR count). The molecule has 0 aromatic heterocycles. The van der Waals surface area contributed by atoms with Crippen molar-refractivity contribution in [1.82, 2.24) is 0 Å². The second-order valence-electron chi connectivity index (χ2n) is 4.42. The van der Waals surface area contributed by atoms with E-state index in [1.165, 1.54) is 44.2 Å². The van der Waals surface area contributed by atoms with Crippen molar-refractivity contribution < 1.29 is 23.8 Å². The topological polar surface area (TPSA) is 55.8 Å². The van der Waals surface area contributed by atoms with Gasteiger partial charge in [0.1, 0.15) is 22.9 Å². The largest absolute Gasteiger partial charge is 0.507 e. The Morgan fingerprint density at radius 3 is 2.68 bits per heavy atom. The Morgan fingerprint density at radius 1 is 1.27 bits per heavy atom. The van der Waals surface area contributed by atoms with Crippen LogP contribution in [0.3, 0.4) is 0 Å². The van der Waals surface area contributed by atoms with Crippen LogP contribution in [-0.2, 0) is 10.5 Å². The van der Waals surface area contributed by atoms with Gasteiger partial charge in [0.2, 0.25) is 0 Å². The number of hydrogen-bond acceptors (Lipinski definition) is 5. The molecule has 0 amide bonds. The monoisotopic (exact) mass is 322 g/mol. The first-order chi connectivity index (χ1) is 10.5. The molecule has 0 spiro atoms. The summed E-state index contributed by atoms with van der Waals surface area (Å²) in [4.78, 5) is 12.5. The van der Waals surface area contributed by atoms with Crippen LogP contribution in [0.15, 0.2) is 41.3 Å². The number of methoxy groups -OCH3 is 2. The number of benzene rings is 2. The Hall–Kier alpha value is -2.21. The Balaban J connectivity index is 2.31. The maximum Gasteiger partial charge on any atom is 0.341 e. The van der Waals surface area contributed by atoms with Crippen molar-refractivity contribution in [2.75, 3.05) is 14.2 Å². The highest BCUT2D eigenvalue weighted by Gasteiger charge is 2.19. The number of esters is 1. The van der Waals surface area contributed by atoms with E-state index in [2.05, 4.69) is 0 Å². The van der Waals surface area contributed by atoms with Gasteiger partial charge in [-0.05, 0) is 29.8 Å². The normalized spacial score (nSPS) is 10.3. The van der Waals surface area contributed by atoms with Crippen molar-refractivity contribution in [2.24, 2.45) is 0 Å². The second-order valence-corrected chi connectivity index (χ2v) is 5.47. The van der Waals surface area contributed by atoms with Crippen molar-refractivity contribution in [3.8, 4) is 11.5 Å². The van der Waals surface area contributed by atoms with Crippen molar-refractivity contribution in [3.05, 3.63) is 53.3 Å². The van der Waals surface area contributed by atoms with Crippen molar-refractivity contribution in [2.45, 2.75) is 10.6 Å². The van der Waals surface area contributed by atoms with Gasteiger partial charge in [0.05, 0.1) is 14.2 Å². The van der Waals surface area contributed by atoms with E-state index in [1.54, 1.807) is 18.2 Å². The SMILES string of the molecule is COC(=O)c1c(O)cc(OC)cc1CSc1cccc(F)c1. The van der Waals surface area contributed by atoms with Gasteiger partial charge in [0.25, 0.3) is 0 Å². The van der Waals surface area contributed by atoms with E-state index >= 15 is 0 Å². The standard InChI is InChI=1S/C16H15FO4S/c1-20-12-6-10(15(14(18)8-12)16(19)21-2)9-22-13-5-3-4-11(17)7-13/h3-8,18H,9H2,1-2H3. The fourth-order valence-electron chi connectivity index (χ4n) is 1.94. The van der Waals surface area contributed by atoms with Crippen LogP contribution in [0.4, 0.5) is 4.39 Å². The number of ether oxygens (including phenoxy) is 2. The molecule has 6 heteroatoms. The summed E-state index contributed by atoms with van der Waals surface area (Å²) in [6.07, 6.45) is 0. The highest BCUT2D eigenvalue weighted by atomic mass is 32.2. The van der Waals surface area contributed by atoms with Crippen LogP contribution in [0.25, 0.3) is 0 Å². The predicted molar refractivity (Wildman–Crippen MR) is 82.0 cm³/mol. The van der Waals surface area contributed by atoms with Crippen molar-refractivity contribution in [3.63, 3.8) is 0 Å². The summed E-state index contributed by atoms with van der Waals surface area (Å²) in [6, 6.07) is 9.15. The molecule has 0 radical (unpaired) electrons. The highest BCUT2D eigenvalue weighted by molar-refractivity contribution is 7.98. The maximum atomic E-state index is 13.2. The number of aromatic hydroxyl groups is 1. The minimum atomic E-state index is -0.630. The average Bonchev–Trinajstić information content (AvgIpc) is 2.51. The fraction of sp³-hybridized carbons (Fsp3) is 0.188. The molecule has 4 nitrogen and oxygen atoms in total. The van der Waals surface area contributed by atoms with E-state index in [-0.39, 0.29) is 17.1 Å². The molecule has 0 aliphatic heterocycles. The quantitative estimate of drug-likeness (QED) is 0.673. The lowest BCUT2D eigenvalue weighted by Gasteiger charge is -2.12. The maximum absolute atomic E-state index is 13.2. The van der Waals surface area contributed by atoms with Gasteiger partial charge < -0.3 is 14.6 Å². The molecular weight excluding hydrogens is 307 g/mol. The number of phenolic OH excluding ortho intramolecular Hbond substituents is 1. The zero-order valence-electron chi connectivity index (χ0n) is 12.1. The second kappa shape index (κ2) is 7.17. The average molecular weight is 322 g/mol. The summed E-state index contributed by atoms with van der Waals surface area (Å²) in [6.45, 7) is 0. The summed E-state index contributed by atoms with van der Waals surface area (Å²) in [7, 11) is 2.71. The van der Waals surface area contributed by atoms with Gasteiger partial charge in [-0.25, -0.2) is 9.18 Å². The van der Waals surface area contributed by atoms with Gasteiger partial charge in [0, 0.05) is 16.7 Å². The number of halogens is 1. The van der Waals surface area contributed by atoms with Crippen LogP contribution < -0.4 is 4.74 Å². The molecule has 0 saturated carbocycles. The Morgan fingerprint density at radius 2 is 2.05 bits per heavy atom. The van der Waals surface area contributed by atoms with Gasteiger partial charge in [0.15, 0.2) is 0 Å². The molecule has 0 heterocycles. The summed E-state index contributed by atoms with van der Waals surface area (Å²) < 4.78 is 23.0. The van der Waals surface area contributed by atoms with Gasteiger partial charge in [-0.3, -0.25) is 0 Å². The summed E-state index contributed by atoms with van der Waals surface area (Å²) in [5.74, 6) is -0.374. The van der Waals surface area contributed by atoms with E-state index < -0.39 is 5.97 Å². The third-order valence-corrected chi connectivity index (χ3v) is 4.03. The lowest BCUT2D eigenvalue weighted by Crippen LogP contribution is -2.06. The van der Waals surface area contributed by atoms with E-state index in [4.69, 9.17) is 9.47 Å². The predicted octanol–water partition coefficient (Wildman–Crippen LogP) is 3.62. The summed E-state index contributed by atoms with van der Waals surface area (Å²) >= 11 is 1.34. The molecule has 116 valence electrons. The van der Waals surface area contributed by atoms with E-state index in [1.807, 2.05) is 0 Å². The first-order valence-corrected chi connectivity index (χ1v) is 7.40. The number of carbonyl (C=O) groups is 1. The van der Waals surface area contributed by atoms with Crippen LogP contribution in [0.2, 0.25) is 0 Å². The van der Waals surface area contributed by atoms with E-state index in [0.717, 1.165) is 4.90 Å². The molecular formula is C16H15FO4S. The van der Waals surface area contributed by atoms with Crippen LogP contribution in [0.5, 0.6) is 11.5 Å². The highest BCUT2D eigenvalue weighted by Crippen LogP contribution is 2.33. The third-order valence-electron chi connectivity index (χ3n) is 2.99. The molecule has 0 unspecified atom stereocenters. The van der Waals surface area contributed by atoms with Crippen LogP contribution in [0, 0.1) is 5.82 Å². The number of hydrogen-bond donors (Lipinski definition) is 1. The van der Waals surface area contributed by atoms with Gasteiger partial charge in [-0.2, -0.15) is 0 Å². The van der Waals surface area contributed by atoms with Crippen LogP contribution in [-0.4, -0.2) is 25.3 Å².